The monoisotopic (exact) mass is 314 g/mol. The Kier molecular flexibility index (Phi) is 5.37. The summed E-state index contributed by atoms with van der Waals surface area (Å²) in [6, 6.07) is 9.29. The maximum atomic E-state index is 12.9. The SMILES string of the molecule is CCCN(C(=O)C[C@@H]1CCC[C@H]1N)C1CCc2ccccc2C1. The summed E-state index contributed by atoms with van der Waals surface area (Å²) >= 11 is 0. The molecule has 1 unspecified atom stereocenters. The summed E-state index contributed by atoms with van der Waals surface area (Å²) in [4.78, 5) is 15.1. The Morgan fingerprint density at radius 2 is 2.00 bits per heavy atom. The quantitative estimate of drug-likeness (QED) is 0.906. The van der Waals surface area contributed by atoms with Crippen molar-refractivity contribution in [2.45, 2.75) is 70.4 Å². The molecule has 3 heteroatoms. The van der Waals surface area contributed by atoms with Gasteiger partial charge in [0.2, 0.25) is 5.91 Å². The summed E-state index contributed by atoms with van der Waals surface area (Å²) in [6.07, 6.45) is 8.28. The normalized spacial score (nSPS) is 26.8. The first-order valence-electron chi connectivity index (χ1n) is 9.31. The minimum atomic E-state index is 0.231. The molecule has 3 nitrogen and oxygen atoms in total. The Hall–Kier alpha value is -1.35. The lowest BCUT2D eigenvalue weighted by atomic mass is 9.87. The Balaban J connectivity index is 1.67. The van der Waals surface area contributed by atoms with Crippen LogP contribution in [0, 0.1) is 5.92 Å². The zero-order valence-corrected chi connectivity index (χ0v) is 14.3. The van der Waals surface area contributed by atoms with E-state index >= 15 is 0 Å². The Labute approximate surface area is 140 Å². The van der Waals surface area contributed by atoms with Crippen molar-refractivity contribution < 1.29 is 4.79 Å². The number of carbonyl (C=O) groups excluding carboxylic acids is 1. The standard InChI is InChI=1S/C20H30N2O/c1-2-12-22(20(23)14-17-8-5-9-19(17)21)18-11-10-15-6-3-4-7-16(15)13-18/h3-4,6-7,17-19H,2,5,8-14,21H2,1H3/t17-,18?,19+/m0/s1. The maximum Gasteiger partial charge on any atom is 0.223 e. The van der Waals surface area contributed by atoms with E-state index < -0.39 is 0 Å². The lowest BCUT2D eigenvalue weighted by Crippen LogP contribution is -2.45. The van der Waals surface area contributed by atoms with Crippen LogP contribution < -0.4 is 5.73 Å². The van der Waals surface area contributed by atoms with Gasteiger partial charge in [0.05, 0.1) is 0 Å². The van der Waals surface area contributed by atoms with Crippen molar-refractivity contribution in [2.24, 2.45) is 11.7 Å². The smallest absolute Gasteiger partial charge is 0.223 e. The van der Waals surface area contributed by atoms with Crippen LogP contribution in [0.1, 0.15) is 56.6 Å². The van der Waals surface area contributed by atoms with Crippen LogP contribution in [-0.4, -0.2) is 29.4 Å². The Morgan fingerprint density at radius 3 is 2.70 bits per heavy atom. The van der Waals surface area contributed by atoms with E-state index in [-0.39, 0.29) is 6.04 Å². The van der Waals surface area contributed by atoms with Crippen LogP contribution in [0.15, 0.2) is 24.3 Å². The van der Waals surface area contributed by atoms with Crippen molar-refractivity contribution in [3.05, 3.63) is 35.4 Å². The second-order valence-corrected chi connectivity index (χ2v) is 7.31. The third-order valence-corrected chi connectivity index (χ3v) is 5.70. The molecule has 0 aromatic heterocycles. The van der Waals surface area contributed by atoms with Gasteiger partial charge in [-0.3, -0.25) is 4.79 Å². The highest BCUT2D eigenvalue weighted by molar-refractivity contribution is 5.77. The van der Waals surface area contributed by atoms with Gasteiger partial charge in [0, 0.05) is 25.0 Å². The van der Waals surface area contributed by atoms with Gasteiger partial charge in [-0.15, -0.1) is 0 Å². The topological polar surface area (TPSA) is 46.3 Å². The first-order valence-corrected chi connectivity index (χ1v) is 9.31. The number of hydrogen-bond donors (Lipinski definition) is 1. The minimum absolute atomic E-state index is 0.231. The number of aryl methyl sites for hydroxylation is 1. The molecule has 0 heterocycles. The number of benzene rings is 1. The van der Waals surface area contributed by atoms with Crippen molar-refractivity contribution in [2.75, 3.05) is 6.54 Å². The van der Waals surface area contributed by atoms with Gasteiger partial charge in [0.1, 0.15) is 0 Å². The molecule has 3 atom stereocenters. The van der Waals surface area contributed by atoms with Gasteiger partial charge < -0.3 is 10.6 Å². The predicted molar refractivity (Wildman–Crippen MR) is 94.2 cm³/mol. The summed E-state index contributed by atoms with van der Waals surface area (Å²) in [5, 5.41) is 0. The molecule has 2 aliphatic carbocycles. The molecule has 1 amide bonds. The fourth-order valence-electron chi connectivity index (χ4n) is 4.36. The highest BCUT2D eigenvalue weighted by Crippen LogP contribution is 2.29. The van der Waals surface area contributed by atoms with Crippen molar-refractivity contribution in [3.63, 3.8) is 0 Å². The van der Waals surface area contributed by atoms with Crippen LogP contribution in [0.5, 0.6) is 0 Å². The molecule has 23 heavy (non-hydrogen) atoms. The maximum absolute atomic E-state index is 12.9. The minimum Gasteiger partial charge on any atom is -0.339 e. The van der Waals surface area contributed by atoms with Crippen LogP contribution in [-0.2, 0) is 17.6 Å². The van der Waals surface area contributed by atoms with Crippen molar-refractivity contribution in [1.29, 1.82) is 0 Å². The summed E-state index contributed by atoms with van der Waals surface area (Å²) < 4.78 is 0. The molecule has 0 aliphatic heterocycles. The first-order chi connectivity index (χ1) is 11.2. The third kappa shape index (κ3) is 3.77. The second kappa shape index (κ2) is 7.48. The number of amides is 1. The average Bonchev–Trinajstić information content (AvgIpc) is 2.97. The molecular formula is C20H30N2O. The average molecular weight is 314 g/mol. The van der Waals surface area contributed by atoms with Crippen LogP contribution in [0.2, 0.25) is 0 Å². The summed E-state index contributed by atoms with van der Waals surface area (Å²) in [5.74, 6) is 0.733. The number of rotatable bonds is 5. The molecule has 1 saturated carbocycles. The fourth-order valence-corrected chi connectivity index (χ4v) is 4.36. The van der Waals surface area contributed by atoms with E-state index in [9.17, 15) is 4.79 Å². The number of nitrogens with zero attached hydrogens (tertiary/aromatic N) is 1. The lowest BCUT2D eigenvalue weighted by Gasteiger charge is -2.36. The molecule has 1 aromatic carbocycles. The zero-order valence-electron chi connectivity index (χ0n) is 14.3. The lowest BCUT2D eigenvalue weighted by molar-refractivity contribution is -0.135. The van der Waals surface area contributed by atoms with Gasteiger partial charge in [-0.05, 0) is 55.6 Å². The molecule has 1 aromatic rings. The largest absolute Gasteiger partial charge is 0.339 e. The van der Waals surface area contributed by atoms with Crippen LogP contribution in [0.25, 0.3) is 0 Å². The second-order valence-electron chi connectivity index (χ2n) is 7.31. The number of nitrogens with two attached hydrogens (primary N) is 1. The molecule has 0 radical (unpaired) electrons. The summed E-state index contributed by atoms with van der Waals surface area (Å²) in [5.41, 5.74) is 9.06. The van der Waals surface area contributed by atoms with Gasteiger partial charge in [-0.2, -0.15) is 0 Å². The van der Waals surface area contributed by atoms with Crippen molar-refractivity contribution in [1.82, 2.24) is 4.90 Å². The number of fused-ring (bicyclic) bond motifs is 1. The highest BCUT2D eigenvalue weighted by Gasteiger charge is 2.31. The van der Waals surface area contributed by atoms with E-state index in [2.05, 4.69) is 36.1 Å². The molecule has 126 valence electrons. The predicted octanol–water partition coefficient (Wildman–Crippen LogP) is 3.30. The van der Waals surface area contributed by atoms with E-state index in [1.54, 1.807) is 0 Å². The van der Waals surface area contributed by atoms with Crippen LogP contribution in [0.3, 0.4) is 0 Å². The fraction of sp³-hybridized carbons (Fsp3) is 0.650. The van der Waals surface area contributed by atoms with Crippen LogP contribution >= 0.6 is 0 Å². The third-order valence-electron chi connectivity index (χ3n) is 5.70. The first kappa shape index (κ1) is 16.5. The molecule has 3 rings (SSSR count). The van der Waals surface area contributed by atoms with Gasteiger partial charge >= 0.3 is 0 Å². The molecule has 2 N–H and O–H groups in total. The van der Waals surface area contributed by atoms with Crippen LogP contribution in [0.4, 0.5) is 0 Å². The molecule has 1 fully saturated rings. The van der Waals surface area contributed by atoms with E-state index in [0.29, 0.717) is 24.3 Å². The van der Waals surface area contributed by atoms with E-state index in [1.165, 1.54) is 17.5 Å². The van der Waals surface area contributed by atoms with Crippen molar-refractivity contribution in [3.8, 4) is 0 Å². The molecule has 0 spiro atoms. The zero-order chi connectivity index (χ0) is 16.2. The summed E-state index contributed by atoms with van der Waals surface area (Å²) in [6.45, 7) is 3.05. The molecule has 0 saturated heterocycles. The number of carbonyl (C=O) groups is 1. The Bertz CT molecular complexity index is 542. The summed E-state index contributed by atoms with van der Waals surface area (Å²) in [7, 11) is 0. The molecular weight excluding hydrogens is 284 g/mol. The van der Waals surface area contributed by atoms with E-state index in [4.69, 9.17) is 5.73 Å². The number of hydrogen-bond acceptors (Lipinski definition) is 2. The molecule has 2 aliphatic rings. The highest BCUT2D eigenvalue weighted by atomic mass is 16.2. The Morgan fingerprint density at radius 1 is 1.22 bits per heavy atom. The van der Waals surface area contributed by atoms with Gasteiger partial charge in [-0.25, -0.2) is 0 Å². The molecule has 0 bridgehead atoms. The van der Waals surface area contributed by atoms with E-state index in [0.717, 1.165) is 45.1 Å². The van der Waals surface area contributed by atoms with Gasteiger partial charge in [-0.1, -0.05) is 37.6 Å². The van der Waals surface area contributed by atoms with E-state index in [1.807, 2.05) is 0 Å². The van der Waals surface area contributed by atoms with Gasteiger partial charge in [0.15, 0.2) is 0 Å². The van der Waals surface area contributed by atoms with Crippen molar-refractivity contribution >= 4 is 5.91 Å². The van der Waals surface area contributed by atoms with Gasteiger partial charge in [0.25, 0.3) is 0 Å².